The quantitative estimate of drug-likeness (QED) is 0.727. The standard InChI is InChI=1S/C13H22N2O/c16-12(11-2-1-3-11)15-8-5-13(6-9-15)4-7-14-10-13/h11,14H,1-10H2. The van der Waals surface area contributed by atoms with Gasteiger partial charge in [-0.15, -0.1) is 0 Å². The van der Waals surface area contributed by atoms with E-state index in [0.29, 0.717) is 17.2 Å². The van der Waals surface area contributed by atoms with E-state index in [1.165, 1.54) is 38.8 Å². The van der Waals surface area contributed by atoms with Crippen molar-refractivity contribution < 1.29 is 4.79 Å². The van der Waals surface area contributed by atoms with Gasteiger partial charge in [-0.05, 0) is 44.1 Å². The average Bonchev–Trinajstić information content (AvgIpc) is 2.65. The van der Waals surface area contributed by atoms with Gasteiger partial charge < -0.3 is 10.2 Å². The molecular formula is C13H22N2O. The lowest BCUT2D eigenvalue weighted by Gasteiger charge is -2.41. The van der Waals surface area contributed by atoms with Gasteiger partial charge in [0.2, 0.25) is 5.91 Å². The van der Waals surface area contributed by atoms with E-state index in [1.54, 1.807) is 0 Å². The van der Waals surface area contributed by atoms with Crippen molar-refractivity contribution >= 4 is 5.91 Å². The molecule has 2 heterocycles. The molecule has 0 atom stereocenters. The highest BCUT2D eigenvalue weighted by Crippen LogP contribution is 2.38. The van der Waals surface area contributed by atoms with Crippen LogP contribution in [-0.4, -0.2) is 37.0 Å². The zero-order valence-corrected chi connectivity index (χ0v) is 10.0. The second kappa shape index (κ2) is 4.02. The van der Waals surface area contributed by atoms with E-state index in [4.69, 9.17) is 0 Å². The average molecular weight is 222 g/mol. The highest BCUT2D eigenvalue weighted by molar-refractivity contribution is 5.79. The third-order valence-electron chi connectivity index (χ3n) is 4.92. The summed E-state index contributed by atoms with van der Waals surface area (Å²) in [6.45, 7) is 4.38. The minimum atomic E-state index is 0.385. The number of nitrogens with one attached hydrogen (secondary N) is 1. The van der Waals surface area contributed by atoms with Crippen LogP contribution in [0.3, 0.4) is 0 Å². The molecule has 0 bridgehead atoms. The monoisotopic (exact) mass is 222 g/mol. The van der Waals surface area contributed by atoms with Gasteiger partial charge >= 0.3 is 0 Å². The lowest BCUT2D eigenvalue weighted by molar-refractivity contribution is -0.140. The molecular weight excluding hydrogens is 200 g/mol. The molecule has 2 saturated heterocycles. The fraction of sp³-hybridized carbons (Fsp3) is 0.923. The molecule has 90 valence electrons. The maximum Gasteiger partial charge on any atom is 0.225 e. The summed E-state index contributed by atoms with van der Waals surface area (Å²) in [5.41, 5.74) is 0.538. The Hall–Kier alpha value is -0.570. The van der Waals surface area contributed by atoms with Crippen molar-refractivity contribution in [2.24, 2.45) is 11.3 Å². The van der Waals surface area contributed by atoms with Crippen molar-refractivity contribution in [2.75, 3.05) is 26.2 Å². The van der Waals surface area contributed by atoms with Gasteiger partial charge in [0.15, 0.2) is 0 Å². The molecule has 1 aliphatic carbocycles. The first-order valence-corrected chi connectivity index (χ1v) is 6.79. The second-order valence-electron chi connectivity index (χ2n) is 5.88. The van der Waals surface area contributed by atoms with E-state index < -0.39 is 0 Å². The number of nitrogens with zero attached hydrogens (tertiary/aromatic N) is 1. The Morgan fingerprint density at radius 3 is 2.44 bits per heavy atom. The molecule has 0 unspecified atom stereocenters. The number of carbonyl (C=O) groups is 1. The van der Waals surface area contributed by atoms with E-state index in [2.05, 4.69) is 10.2 Å². The van der Waals surface area contributed by atoms with Gasteiger partial charge in [0, 0.05) is 25.6 Å². The minimum absolute atomic E-state index is 0.385. The van der Waals surface area contributed by atoms with Gasteiger partial charge in [-0.3, -0.25) is 4.79 Å². The third-order valence-corrected chi connectivity index (χ3v) is 4.92. The number of likely N-dealkylation sites (tertiary alicyclic amines) is 1. The Labute approximate surface area is 97.6 Å². The lowest BCUT2D eigenvalue weighted by Crippen LogP contribution is -2.47. The summed E-state index contributed by atoms with van der Waals surface area (Å²) < 4.78 is 0. The summed E-state index contributed by atoms with van der Waals surface area (Å²) in [5, 5.41) is 3.47. The molecule has 0 aromatic heterocycles. The summed E-state index contributed by atoms with van der Waals surface area (Å²) in [5.74, 6) is 0.836. The highest BCUT2D eigenvalue weighted by atomic mass is 16.2. The number of amides is 1. The number of carbonyl (C=O) groups excluding carboxylic acids is 1. The molecule has 3 nitrogen and oxygen atoms in total. The summed E-state index contributed by atoms with van der Waals surface area (Å²) in [6.07, 6.45) is 7.30. The molecule has 0 radical (unpaired) electrons. The van der Waals surface area contributed by atoms with Crippen LogP contribution in [0.5, 0.6) is 0 Å². The molecule has 3 heteroatoms. The van der Waals surface area contributed by atoms with Gasteiger partial charge in [0.25, 0.3) is 0 Å². The van der Waals surface area contributed by atoms with Gasteiger partial charge in [0.1, 0.15) is 0 Å². The predicted octanol–water partition coefficient (Wildman–Crippen LogP) is 1.39. The third kappa shape index (κ3) is 1.75. The topological polar surface area (TPSA) is 32.3 Å². The zero-order chi connectivity index (χ0) is 11.0. The molecule has 3 aliphatic rings. The fourth-order valence-corrected chi connectivity index (χ4v) is 3.34. The molecule has 16 heavy (non-hydrogen) atoms. The molecule has 1 amide bonds. The first-order chi connectivity index (χ1) is 7.79. The Morgan fingerprint density at radius 2 is 1.94 bits per heavy atom. The van der Waals surface area contributed by atoms with Crippen molar-refractivity contribution in [3.05, 3.63) is 0 Å². The lowest BCUT2D eigenvalue weighted by atomic mass is 9.77. The van der Waals surface area contributed by atoms with E-state index in [0.717, 1.165) is 25.9 Å². The van der Waals surface area contributed by atoms with Crippen LogP contribution in [0.15, 0.2) is 0 Å². The molecule has 3 fully saturated rings. The van der Waals surface area contributed by atoms with Crippen LogP contribution in [-0.2, 0) is 4.79 Å². The largest absolute Gasteiger partial charge is 0.342 e. The molecule has 1 N–H and O–H groups in total. The van der Waals surface area contributed by atoms with Crippen LogP contribution in [0.4, 0.5) is 0 Å². The first kappa shape index (κ1) is 10.6. The maximum atomic E-state index is 12.1. The normalized spacial score (nSPS) is 29.4. The predicted molar refractivity (Wildman–Crippen MR) is 63.1 cm³/mol. The van der Waals surface area contributed by atoms with Crippen molar-refractivity contribution in [2.45, 2.75) is 38.5 Å². The number of rotatable bonds is 1. The Morgan fingerprint density at radius 1 is 1.19 bits per heavy atom. The summed E-state index contributed by atoms with van der Waals surface area (Å²) >= 11 is 0. The molecule has 1 saturated carbocycles. The summed E-state index contributed by atoms with van der Waals surface area (Å²) in [6, 6.07) is 0. The van der Waals surface area contributed by atoms with E-state index in [9.17, 15) is 4.79 Å². The number of piperidine rings is 1. The fourth-order valence-electron chi connectivity index (χ4n) is 3.34. The van der Waals surface area contributed by atoms with Crippen LogP contribution in [0.2, 0.25) is 0 Å². The SMILES string of the molecule is O=C(C1CCC1)N1CCC2(CCNC2)CC1. The molecule has 2 aliphatic heterocycles. The Bertz CT molecular complexity index is 270. The van der Waals surface area contributed by atoms with Gasteiger partial charge in [-0.2, -0.15) is 0 Å². The van der Waals surface area contributed by atoms with Crippen LogP contribution < -0.4 is 5.32 Å². The summed E-state index contributed by atoms with van der Waals surface area (Å²) in [4.78, 5) is 14.2. The Balaban J connectivity index is 1.55. The maximum absolute atomic E-state index is 12.1. The van der Waals surface area contributed by atoms with E-state index in [-0.39, 0.29) is 0 Å². The Kier molecular flexibility index (Phi) is 2.66. The van der Waals surface area contributed by atoms with E-state index in [1.807, 2.05) is 0 Å². The van der Waals surface area contributed by atoms with Gasteiger partial charge in [0.05, 0.1) is 0 Å². The first-order valence-electron chi connectivity index (χ1n) is 6.79. The zero-order valence-electron chi connectivity index (χ0n) is 10.0. The summed E-state index contributed by atoms with van der Waals surface area (Å²) in [7, 11) is 0. The van der Waals surface area contributed by atoms with Crippen molar-refractivity contribution in [1.82, 2.24) is 10.2 Å². The van der Waals surface area contributed by atoms with E-state index >= 15 is 0 Å². The number of hydrogen-bond donors (Lipinski definition) is 1. The van der Waals surface area contributed by atoms with Crippen LogP contribution >= 0.6 is 0 Å². The van der Waals surface area contributed by atoms with Crippen LogP contribution in [0.25, 0.3) is 0 Å². The molecule has 3 rings (SSSR count). The highest BCUT2D eigenvalue weighted by Gasteiger charge is 2.39. The van der Waals surface area contributed by atoms with Gasteiger partial charge in [-0.25, -0.2) is 0 Å². The van der Waals surface area contributed by atoms with Crippen LogP contribution in [0.1, 0.15) is 38.5 Å². The van der Waals surface area contributed by atoms with Crippen LogP contribution in [0, 0.1) is 11.3 Å². The molecule has 0 aromatic rings. The second-order valence-corrected chi connectivity index (χ2v) is 5.88. The minimum Gasteiger partial charge on any atom is -0.342 e. The molecule has 1 spiro atoms. The molecule has 0 aromatic carbocycles. The van der Waals surface area contributed by atoms with Crippen molar-refractivity contribution in [3.8, 4) is 0 Å². The van der Waals surface area contributed by atoms with Crippen molar-refractivity contribution in [1.29, 1.82) is 0 Å². The van der Waals surface area contributed by atoms with Crippen molar-refractivity contribution in [3.63, 3.8) is 0 Å². The number of hydrogen-bond acceptors (Lipinski definition) is 2. The van der Waals surface area contributed by atoms with Gasteiger partial charge in [-0.1, -0.05) is 6.42 Å². The smallest absolute Gasteiger partial charge is 0.225 e.